The predicted molar refractivity (Wildman–Crippen MR) is 117 cm³/mol. The number of tetrazole rings is 1. The molecule has 0 radical (unpaired) electrons. The van der Waals surface area contributed by atoms with Crippen molar-refractivity contribution in [1.82, 2.24) is 25.2 Å². The molecule has 0 unspecified atom stereocenters. The Balaban J connectivity index is 1.58. The van der Waals surface area contributed by atoms with E-state index in [9.17, 15) is 4.79 Å². The zero-order chi connectivity index (χ0) is 21.4. The minimum atomic E-state index is -0.196. The van der Waals surface area contributed by atoms with E-state index in [1.165, 1.54) is 4.90 Å². The quantitative estimate of drug-likeness (QED) is 0.648. The van der Waals surface area contributed by atoms with Crippen molar-refractivity contribution in [2.45, 2.75) is 58.2 Å². The number of fused-ring (bicyclic) bond motifs is 1. The highest BCUT2D eigenvalue weighted by Crippen LogP contribution is 2.22. The first-order valence-electron chi connectivity index (χ1n) is 11.4. The SMILES string of the molecule is Cc1ccc2cc([C@@H](c3nnnn3C[C@H]3CCCO3)[NH+]3CCC(C)CC3)c(=O)[nH]c2c1. The van der Waals surface area contributed by atoms with Gasteiger partial charge in [-0.25, -0.2) is 4.68 Å². The molecule has 4 heterocycles. The second kappa shape index (κ2) is 8.51. The summed E-state index contributed by atoms with van der Waals surface area (Å²) in [4.78, 5) is 17.7. The highest BCUT2D eigenvalue weighted by molar-refractivity contribution is 5.79. The molecular formula is C23H31N6O2+. The molecule has 8 nitrogen and oxygen atoms in total. The molecule has 2 aliphatic rings. The van der Waals surface area contributed by atoms with E-state index >= 15 is 0 Å². The number of nitrogens with one attached hydrogen (secondary N) is 2. The minimum Gasteiger partial charge on any atom is -0.376 e. The van der Waals surface area contributed by atoms with Crippen molar-refractivity contribution in [2.24, 2.45) is 5.92 Å². The summed E-state index contributed by atoms with van der Waals surface area (Å²) in [6, 6.07) is 8.01. The molecule has 3 aromatic rings. The first-order chi connectivity index (χ1) is 15.1. The molecule has 2 atom stereocenters. The van der Waals surface area contributed by atoms with E-state index in [1.807, 2.05) is 23.7 Å². The maximum absolute atomic E-state index is 13.3. The van der Waals surface area contributed by atoms with Gasteiger partial charge in [0.1, 0.15) is 0 Å². The van der Waals surface area contributed by atoms with Crippen molar-refractivity contribution in [3.63, 3.8) is 0 Å². The van der Waals surface area contributed by atoms with Crippen LogP contribution in [0.3, 0.4) is 0 Å². The average molecular weight is 424 g/mol. The van der Waals surface area contributed by atoms with Crippen LogP contribution in [0.4, 0.5) is 0 Å². The van der Waals surface area contributed by atoms with Gasteiger partial charge in [0.2, 0.25) is 5.82 Å². The summed E-state index contributed by atoms with van der Waals surface area (Å²) in [5.74, 6) is 1.47. The molecule has 2 aromatic heterocycles. The lowest BCUT2D eigenvalue weighted by molar-refractivity contribution is -0.932. The Bertz CT molecular complexity index is 1110. The molecule has 31 heavy (non-hydrogen) atoms. The van der Waals surface area contributed by atoms with Crippen LogP contribution in [0, 0.1) is 12.8 Å². The van der Waals surface area contributed by atoms with Crippen LogP contribution in [0.2, 0.25) is 0 Å². The number of hydrogen-bond donors (Lipinski definition) is 2. The number of nitrogens with zero attached hydrogens (tertiary/aromatic N) is 4. The van der Waals surface area contributed by atoms with Crippen LogP contribution in [0.1, 0.15) is 55.6 Å². The van der Waals surface area contributed by atoms with Gasteiger partial charge in [0.05, 0.1) is 31.3 Å². The summed E-state index contributed by atoms with van der Waals surface area (Å²) in [6.07, 6.45) is 4.52. The summed E-state index contributed by atoms with van der Waals surface area (Å²) in [6.45, 7) is 7.77. The van der Waals surface area contributed by atoms with E-state index in [0.717, 1.165) is 73.2 Å². The number of piperidine rings is 1. The monoisotopic (exact) mass is 423 g/mol. The van der Waals surface area contributed by atoms with Gasteiger partial charge in [-0.2, -0.15) is 0 Å². The second-order valence-corrected chi connectivity index (χ2v) is 9.27. The number of H-pyrrole nitrogens is 1. The third-order valence-corrected chi connectivity index (χ3v) is 6.88. The Morgan fingerprint density at radius 3 is 2.87 bits per heavy atom. The van der Waals surface area contributed by atoms with Crippen molar-refractivity contribution in [2.75, 3.05) is 19.7 Å². The molecule has 2 aliphatic heterocycles. The zero-order valence-corrected chi connectivity index (χ0v) is 18.3. The van der Waals surface area contributed by atoms with Crippen LogP contribution >= 0.6 is 0 Å². The van der Waals surface area contributed by atoms with Crippen molar-refractivity contribution in [3.8, 4) is 0 Å². The van der Waals surface area contributed by atoms with Crippen molar-refractivity contribution >= 4 is 10.9 Å². The number of aromatic nitrogens is 5. The van der Waals surface area contributed by atoms with Gasteiger partial charge >= 0.3 is 0 Å². The van der Waals surface area contributed by atoms with Gasteiger partial charge in [0.25, 0.3) is 5.56 Å². The minimum absolute atomic E-state index is 0.0547. The first-order valence-corrected chi connectivity index (χ1v) is 11.4. The third-order valence-electron chi connectivity index (χ3n) is 6.88. The van der Waals surface area contributed by atoms with E-state index in [-0.39, 0.29) is 17.7 Å². The van der Waals surface area contributed by atoms with Crippen LogP contribution in [-0.2, 0) is 11.3 Å². The molecule has 0 aliphatic carbocycles. The molecule has 164 valence electrons. The number of ether oxygens (including phenoxy) is 1. The Morgan fingerprint density at radius 2 is 2.10 bits per heavy atom. The Kier molecular flexibility index (Phi) is 5.58. The molecule has 8 heteroatoms. The molecular weight excluding hydrogens is 392 g/mol. The number of likely N-dealkylation sites (tertiary alicyclic amines) is 1. The van der Waals surface area contributed by atoms with Gasteiger partial charge in [-0.15, -0.1) is 5.10 Å². The Morgan fingerprint density at radius 1 is 1.26 bits per heavy atom. The molecule has 0 bridgehead atoms. The third kappa shape index (κ3) is 4.14. The second-order valence-electron chi connectivity index (χ2n) is 9.27. The number of quaternary nitrogens is 1. The smallest absolute Gasteiger partial charge is 0.258 e. The highest BCUT2D eigenvalue weighted by atomic mass is 16.5. The van der Waals surface area contributed by atoms with Crippen LogP contribution in [0.15, 0.2) is 29.1 Å². The maximum atomic E-state index is 13.3. The van der Waals surface area contributed by atoms with Crippen molar-refractivity contribution in [3.05, 3.63) is 51.6 Å². The molecule has 1 aromatic carbocycles. The van der Waals surface area contributed by atoms with Gasteiger partial charge in [0.15, 0.2) is 6.04 Å². The standard InChI is InChI=1S/C23H30N6O2/c1-15-7-9-28(10-8-15)21(22-25-26-27-29(22)14-18-4-3-11-31-18)19-13-17-6-5-16(2)12-20(17)24-23(19)30/h5-6,12-13,15,18,21H,3-4,7-11,14H2,1-2H3,(H,24,30)/p+1/t18-,21+/m1/s1. The van der Waals surface area contributed by atoms with E-state index in [2.05, 4.69) is 39.6 Å². The van der Waals surface area contributed by atoms with E-state index in [0.29, 0.717) is 12.5 Å². The van der Waals surface area contributed by atoms with E-state index in [1.54, 1.807) is 0 Å². The number of hydrogen-bond acceptors (Lipinski definition) is 5. The van der Waals surface area contributed by atoms with Gasteiger partial charge < -0.3 is 14.6 Å². The lowest BCUT2D eigenvalue weighted by Crippen LogP contribution is -3.13. The summed E-state index contributed by atoms with van der Waals surface area (Å²) in [5.41, 5.74) is 2.68. The van der Waals surface area contributed by atoms with E-state index < -0.39 is 0 Å². The Hall–Kier alpha value is -2.58. The maximum Gasteiger partial charge on any atom is 0.258 e. The highest BCUT2D eigenvalue weighted by Gasteiger charge is 2.36. The van der Waals surface area contributed by atoms with Gasteiger partial charge in [-0.1, -0.05) is 19.1 Å². The predicted octanol–water partition coefficient (Wildman–Crippen LogP) is 1.41. The molecule has 2 fully saturated rings. The lowest BCUT2D eigenvalue weighted by atomic mass is 9.95. The Labute approximate surface area is 181 Å². The largest absolute Gasteiger partial charge is 0.376 e. The molecule has 5 rings (SSSR count). The van der Waals surface area contributed by atoms with Gasteiger partial charge in [0, 0.05) is 12.1 Å². The summed E-state index contributed by atoms with van der Waals surface area (Å²) < 4.78 is 7.69. The zero-order valence-electron chi connectivity index (χ0n) is 18.3. The summed E-state index contributed by atoms with van der Waals surface area (Å²) >= 11 is 0. The normalized spacial score (nSPS) is 25.2. The number of aryl methyl sites for hydroxylation is 1. The number of pyridine rings is 1. The van der Waals surface area contributed by atoms with Gasteiger partial charge in [-0.3, -0.25) is 4.79 Å². The molecule has 0 saturated carbocycles. The fraction of sp³-hybridized carbons (Fsp3) is 0.565. The topological polar surface area (TPSA) is 90.1 Å². The molecule has 0 amide bonds. The molecule has 2 N–H and O–H groups in total. The fourth-order valence-electron chi connectivity index (χ4n) is 5.04. The summed E-state index contributed by atoms with van der Waals surface area (Å²) in [7, 11) is 0. The summed E-state index contributed by atoms with van der Waals surface area (Å²) in [5, 5.41) is 13.8. The van der Waals surface area contributed by atoms with Crippen LogP contribution in [-0.4, -0.2) is 51.0 Å². The fourth-order valence-corrected chi connectivity index (χ4v) is 5.04. The number of aromatic amines is 1. The average Bonchev–Trinajstić information content (AvgIpc) is 3.43. The first kappa shape index (κ1) is 20.3. The lowest BCUT2D eigenvalue weighted by Gasteiger charge is -2.33. The van der Waals surface area contributed by atoms with Gasteiger partial charge in [-0.05, 0) is 72.0 Å². The van der Waals surface area contributed by atoms with Crippen LogP contribution < -0.4 is 10.5 Å². The van der Waals surface area contributed by atoms with Crippen molar-refractivity contribution in [1.29, 1.82) is 0 Å². The van der Waals surface area contributed by atoms with Crippen molar-refractivity contribution < 1.29 is 9.64 Å². The van der Waals surface area contributed by atoms with Crippen LogP contribution in [0.5, 0.6) is 0 Å². The number of rotatable bonds is 5. The molecule has 2 saturated heterocycles. The van der Waals surface area contributed by atoms with Crippen LogP contribution in [0.25, 0.3) is 10.9 Å². The number of benzene rings is 1. The van der Waals surface area contributed by atoms with E-state index in [4.69, 9.17) is 4.74 Å². The molecule has 0 spiro atoms.